The molecule has 0 heterocycles. The zero-order valence-electron chi connectivity index (χ0n) is 5.86. The monoisotopic (exact) mass is 236 g/mol. The van der Waals surface area contributed by atoms with Crippen LogP contribution < -0.4 is 0 Å². The van der Waals surface area contributed by atoms with Crippen LogP contribution in [0.3, 0.4) is 0 Å². The minimum atomic E-state index is 0.977. The van der Waals surface area contributed by atoms with Crippen LogP contribution in [0.5, 0.6) is 0 Å². The second-order valence-corrected chi connectivity index (χ2v) is 3.57. The maximum absolute atomic E-state index is 2.35. The Bertz CT molecular complexity index is 106. The first kappa shape index (κ1) is 7.58. The molecule has 1 saturated carbocycles. The lowest BCUT2D eigenvalue weighted by molar-refractivity contribution is 0.445. The van der Waals surface area contributed by atoms with Crippen LogP contribution in [0, 0.1) is 5.92 Å². The van der Waals surface area contributed by atoms with Gasteiger partial charge in [0.2, 0.25) is 0 Å². The van der Waals surface area contributed by atoms with Gasteiger partial charge in [-0.05, 0) is 35.7 Å². The molecule has 0 aliphatic heterocycles. The zero-order valence-corrected chi connectivity index (χ0v) is 8.02. The van der Waals surface area contributed by atoms with Gasteiger partial charge in [-0.25, -0.2) is 0 Å². The Balaban J connectivity index is 2.35. The fraction of sp³-hybridized carbons (Fsp3) is 0.750. The third-order valence-corrected chi connectivity index (χ3v) is 2.95. The van der Waals surface area contributed by atoms with E-state index in [1.807, 2.05) is 0 Å². The van der Waals surface area contributed by atoms with Gasteiger partial charge < -0.3 is 0 Å². The van der Waals surface area contributed by atoms with E-state index in [2.05, 4.69) is 33.6 Å². The van der Waals surface area contributed by atoms with Crippen LogP contribution in [-0.2, 0) is 0 Å². The third-order valence-electron chi connectivity index (χ3n) is 2.07. The minimum Gasteiger partial charge on any atom is -0.0641 e. The highest BCUT2D eigenvalue weighted by molar-refractivity contribution is 14.1. The summed E-state index contributed by atoms with van der Waals surface area (Å²) in [6, 6.07) is 0. The van der Waals surface area contributed by atoms with Crippen LogP contribution >= 0.6 is 22.6 Å². The molecule has 0 saturated heterocycles. The van der Waals surface area contributed by atoms with Gasteiger partial charge in [0.05, 0.1) is 0 Å². The van der Waals surface area contributed by atoms with E-state index in [0.717, 1.165) is 5.92 Å². The van der Waals surface area contributed by atoms with Crippen LogP contribution in [0.15, 0.2) is 9.66 Å². The summed E-state index contributed by atoms with van der Waals surface area (Å²) in [7, 11) is 0. The Kier molecular flexibility index (Phi) is 3.02. The molecule has 0 spiro atoms. The average molecular weight is 236 g/mol. The quantitative estimate of drug-likeness (QED) is 0.564. The second-order valence-electron chi connectivity index (χ2n) is 2.95. The smallest absolute Gasteiger partial charge is 0.0242 e. The largest absolute Gasteiger partial charge is 0.0641 e. The molecule has 0 nitrogen and oxygen atoms in total. The topological polar surface area (TPSA) is 0 Å². The zero-order chi connectivity index (χ0) is 6.69. The summed E-state index contributed by atoms with van der Waals surface area (Å²) < 4.78 is 2.25. The predicted molar refractivity (Wildman–Crippen MR) is 49.7 cm³/mol. The highest BCUT2D eigenvalue weighted by atomic mass is 127. The number of rotatable bonds is 0. The molecule has 0 atom stereocenters. The highest BCUT2D eigenvalue weighted by Gasteiger charge is 2.10. The number of hydrogen-bond acceptors (Lipinski definition) is 0. The Morgan fingerprint density at radius 2 is 2.00 bits per heavy atom. The van der Waals surface area contributed by atoms with Gasteiger partial charge in [0.1, 0.15) is 0 Å². The highest BCUT2D eigenvalue weighted by Crippen LogP contribution is 2.27. The first-order valence-electron chi connectivity index (χ1n) is 3.61. The van der Waals surface area contributed by atoms with Gasteiger partial charge in [-0.2, -0.15) is 0 Å². The van der Waals surface area contributed by atoms with E-state index < -0.39 is 0 Å². The average Bonchev–Trinajstić information content (AvgIpc) is 1.90. The summed E-state index contributed by atoms with van der Waals surface area (Å²) in [5, 5.41) is 0. The lowest BCUT2D eigenvalue weighted by atomic mass is 9.88. The van der Waals surface area contributed by atoms with Crippen molar-refractivity contribution < 1.29 is 0 Å². The van der Waals surface area contributed by atoms with Crippen LogP contribution in [0.1, 0.15) is 32.6 Å². The summed E-state index contributed by atoms with van der Waals surface area (Å²) in [6.45, 7) is 2.35. The van der Waals surface area contributed by atoms with Gasteiger partial charge in [-0.3, -0.25) is 0 Å². The fourth-order valence-corrected chi connectivity index (χ4v) is 1.86. The molecule has 0 bridgehead atoms. The molecule has 0 aromatic heterocycles. The molecule has 52 valence electrons. The Labute approximate surface area is 70.9 Å². The third kappa shape index (κ3) is 2.28. The molecular formula is C8H13I. The van der Waals surface area contributed by atoms with Gasteiger partial charge in [-0.1, -0.05) is 35.1 Å². The lowest BCUT2D eigenvalue weighted by Gasteiger charge is -2.19. The number of halogens is 1. The van der Waals surface area contributed by atoms with Crippen molar-refractivity contribution in [3.63, 3.8) is 0 Å². The molecule has 1 heteroatoms. The molecule has 0 amide bonds. The summed E-state index contributed by atoms with van der Waals surface area (Å²) in [6.07, 6.45) is 5.53. The number of hydrogen-bond donors (Lipinski definition) is 0. The predicted octanol–water partition coefficient (Wildman–Crippen LogP) is 3.52. The summed E-state index contributed by atoms with van der Waals surface area (Å²) >= 11 is 2.35. The van der Waals surface area contributed by atoms with Crippen molar-refractivity contribution >= 4 is 22.6 Å². The Morgan fingerprint density at radius 3 is 2.44 bits per heavy atom. The van der Waals surface area contributed by atoms with Crippen molar-refractivity contribution in [2.24, 2.45) is 5.92 Å². The fourth-order valence-electron chi connectivity index (χ4n) is 1.24. The van der Waals surface area contributed by atoms with Crippen molar-refractivity contribution in [2.75, 3.05) is 0 Å². The van der Waals surface area contributed by atoms with Gasteiger partial charge in [0, 0.05) is 0 Å². The normalized spacial score (nSPS) is 28.2. The maximum atomic E-state index is 2.35. The van der Waals surface area contributed by atoms with Gasteiger partial charge >= 0.3 is 0 Å². The van der Waals surface area contributed by atoms with E-state index in [9.17, 15) is 0 Å². The van der Waals surface area contributed by atoms with Crippen molar-refractivity contribution in [1.29, 1.82) is 0 Å². The molecule has 0 aromatic rings. The van der Waals surface area contributed by atoms with E-state index in [-0.39, 0.29) is 0 Å². The van der Waals surface area contributed by atoms with Crippen LogP contribution in [0.4, 0.5) is 0 Å². The molecule has 1 rings (SSSR count). The standard InChI is InChI=1S/C8H13I/c1-7-2-4-8(6-9)5-3-7/h6-7H,2-5H2,1H3. The molecule has 0 unspecified atom stereocenters. The molecule has 0 N–H and O–H groups in total. The van der Waals surface area contributed by atoms with Crippen molar-refractivity contribution in [3.05, 3.63) is 9.66 Å². The minimum absolute atomic E-state index is 0.977. The van der Waals surface area contributed by atoms with Gasteiger partial charge in [0.25, 0.3) is 0 Å². The van der Waals surface area contributed by atoms with E-state index in [1.54, 1.807) is 5.57 Å². The number of allylic oxidation sites excluding steroid dienone is 1. The second kappa shape index (κ2) is 3.59. The van der Waals surface area contributed by atoms with Crippen LogP contribution in [-0.4, -0.2) is 0 Å². The van der Waals surface area contributed by atoms with E-state index >= 15 is 0 Å². The first-order valence-corrected chi connectivity index (χ1v) is 4.85. The van der Waals surface area contributed by atoms with Crippen LogP contribution in [0.25, 0.3) is 0 Å². The Hall–Kier alpha value is 0.470. The van der Waals surface area contributed by atoms with Gasteiger partial charge in [-0.15, -0.1) is 0 Å². The van der Waals surface area contributed by atoms with Gasteiger partial charge in [0.15, 0.2) is 0 Å². The van der Waals surface area contributed by atoms with E-state index in [4.69, 9.17) is 0 Å². The first-order chi connectivity index (χ1) is 4.33. The molecule has 0 aromatic carbocycles. The lowest BCUT2D eigenvalue weighted by Crippen LogP contribution is -2.02. The molecular weight excluding hydrogens is 223 g/mol. The summed E-state index contributed by atoms with van der Waals surface area (Å²) in [4.78, 5) is 0. The molecule has 1 fully saturated rings. The summed E-state index contributed by atoms with van der Waals surface area (Å²) in [5.41, 5.74) is 1.66. The van der Waals surface area contributed by atoms with Crippen molar-refractivity contribution in [3.8, 4) is 0 Å². The maximum Gasteiger partial charge on any atom is -0.0242 e. The molecule has 9 heavy (non-hydrogen) atoms. The molecule has 0 radical (unpaired) electrons. The summed E-state index contributed by atoms with van der Waals surface area (Å²) in [5.74, 6) is 0.977. The van der Waals surface area contributed by atoms with Crippen molar-refractivity contribution in [1.82, 2.24) is 0 Å². The molecule has 1 aliphatic rings. The van der Waals surface area contributed by atoms with E-state index in [1.165, 1.54) is 25.7 Å². The van der Waals surface area contributed by atoms with Crippen molar-refractivity contribution in [2.45, 2.75) is 32.6 Å². The molecule has 1 aliphatic carbocycles. The van der Waals surface area contributed by atoms with Crippen LogP contribution in [0.2, 0.25) is 0 Å². The Morgan fingerprint density at radius 1 is 1.44 bits per heavy atom. The SMILES string of the molecule is CC1CCC(=CI)CC1. The van der Waals surface area contributed by atoms with E-state index in [0.29, 0.717) is 0 Å².